The standard InChI is InChI=1S/C11H15FN2O/c1-7-5-8(2)10(9(12)6-7)11(15)14-4-3-13/h5-6H,3-4,13H2,1-2H3,(H,14,15). The maximum absolute atomic E-state index is 13.5. The van der Waals surface area contributed by atoms with Gasteiger partial charge in [0.2, 0.25) is 0 Å². The van der Waals surface area contributed by atoms with Crippen LogP contribution in [0.1, 0.15) is 21.5 Å². The molecule has 82 valence electrons. The summed E-state index contributed by atoms with van der Waals surface area (Å²) in [6.45, 7) is 4.20. The lowest BCUT2D eigenvalue weighted by molar-refractivity contribution is 0.0950. The molecule has 15 heavy (non-hydrogen) atoms. The second kappa shape index (κ2) is 4.89. The fourth-order valence-corrected chi connectivity index (χ4v) is 1.48. The number of nitrogens with two attached hydrogens (primary N) is 1. The first-order valence-electron chi connectivity index (χ1n) is 4.81. The van der Waals surface area contributed by atoms with Gasteiger partial charge in [-0.05, 0) is 31.0 Å². The molecule has 0 aliphatic carbocycles. The van der Waals surface area contributed by atoms with Crippen molar-refractivity contribution >= 4 is 5.91 Å². The summed E-state index contributed by atoms with van der Waals surface area (Å²) >= 11 is 0. The van der Waals surface area contributed by atoms with Gasteiger partial charge in [0, 0.05) is 13.1 Å². The van der Waals surface area contributed by atoms with E-state index in [4.69, 9.17) is 5.73 Å². The Balaban J connectivity index is 2.98. The third-order valence-corrected chi connectivity index (χ3v) is 2.09. The number of benzene rings is 1. The Kier molecular flexibility index (Phi) is 3.80. The quantitative estimate of drug-likeness (QED) is 0.785. The predicted octanol–water partition coefficient (Wildman–Crippen LogP) is 1.13. The van der Waals surface area contributed by atoms with Crippen LogP contribution in [-0.2, 0) is 0 Å². The lowest BCUT2D eigenvalue weighted by atomic mass is 10.0. The molecule has 0 aromatic heterocycles. The fraction of sp³-hybridized carbons (Fsp3) is 0.364. The smallest absolute Gasteiger partial charge is 0.254 e. The summed E-state index contributed by atoms with van der Waals surface area (Å²) in [4.78, 5) is 11.5. The zero-order valence-corrected chi connectivity index (χ0v) is 8.93. The van der Waals surface area contributed by atoms with E-state index in [1.54, 1.807) is 19.9 Å². The molecular formula is C11H15FN2O. The van der Waals surface area contributed by atoms with E-state index in [9.17, 15) is 9.18 Å². The molecule has 4 heteroatoms. The van der Waals surface area contributed by atoms with Crippen LogP contribution in [0.2, 0.25) is 0 Å². The van der Waals surface area contributed by atoms with Crippen LogP contribution >= 0.6 is 0 Å². The minimum atomic E-state index is -0.484. The van der Waals surface area contributed by atoms with Crippen molar-refractivity contribution in [2.45, 2.75) is 13.8 Å². The monoisotopic (exact) mass is 210 g/mol. The van der Waals surface area contributed by atoms with E-state index in [-0.39, 0.29) is 5.56 Å². The largest absolute Gasteiger partial charge is 0.351 e. The van der Waals surface area contributed by atoms with Crippen molar-refractivity contribution in [3.8, 4) is 0 Å². The van der Waals surface area contributed by atoms with Gasteiger partial charge in [-0.25, -0.2) is 4.39 Å². The molecule has 0 heterocycles. The summed E-state index contributed by atoms with van der Waals surface area (Å²) < 4.78 is 13.5. The number of rotatable bonds is 3. The Morgan fingerprint density at radius 1 is 1.47 bits per heavy atom. The maximum Gasteiger partial charge on any atom is 0.254 e. The summed E-state index contributed by atoms with van der Waals surface area (Å²) in [5, 5.41) is 2.55. The summed E-state index contributed by atoms with van der Waals surface area (Å²) in [7, 11) is 0. The topological polar surface area (TPSA) is 55.1 Å². The molecule has 1 aromatic rings. The minimum absolute atomic E-state index is 0.106. The number of hydrogen-bond donors (Lipinski definition) is 2. The molecule has 0 unspecified atom stereocenters. The van der Waals surface area contributed by atoms with E-state index in [0.29, 0.717) is 18.7 Å². The summed E-state index contributed by atoms with van der Waals surface area (Å²) in [5.74, 6) is -0.891. The van der Waals surface area contributed by atoms with Crippen molar-refractivity contribution in [3.05, 3.63) is 34.6 Å². The first kappa shape index (κ1) is 11.7. The van der Waals surface area contributed by atoms with Crippen molar-refractivity contribution in [2.24, 2.45) is 5.73 Å². The first-order chi connectivity index (χ1) is 7.06. The molecule has 0 saturated heterocycles. The van der Waals surface area contributed by atoms with Crippen LogP contribution in [0, 0.1) is 19.7 Å². The predicted molar refractivity (Wildman–Crippen MR) is 57.3 cm³/mol. The van der Waals surface area contributed by atoms with Gasteiger partial charge in [-0.15, -0.1) is 0 Å². The molecule has 1 aromatic carbocycles. The molecule has 1 amide bonds. The molecule has 0 bridgehead atoms. The van der Waals surface area contributed by atoms with Crippen molar-refractivity contribution < 1.29 is 9.18 Å². The lowest BCUT2D eigenvalue weighted by Gasteiger charge is -2.08. The van der Waals surface area contributed by atoms with Crippen molar-refractivity contribution in [2.75, 3.05) is 13.1 Å². The highest BCUT2D eigenvalue weighted by Crippen LogP contribution is 2.15. The Labute approximate surface area is 88.5 Å². The Hall–Kier alpha value is -1.42. The van der Waals surface area contributed by atoms with Crippen LogP contribution in [0.25, 0.3) is 0 Å². The molecule has 0 spiro atoms. The third-order valence-electron chi connectivity index (χ3n) is 2.09. The Bertz CT molecular complexity index is 354. The summed E-state index contributed by atoms with van der Waals surface area (Å²) in [6.07, 6.45) is 0. The highest BCUT2D eigenvalue weighted by molar-refractivity contribution is 5.95. The third kappa shape index (κ3) is 2.76. The number of hydrogen-bond acceptors (Lipinski definition) is 2. The SMILES string of the molecule is Cc1cc(C)c(C(=O)NCCN)c(F)c1. The first-order valence-corrected chi connectivity index (χ1v) is 4.81. The number of halogens is 1. The average molecular weight is 210 g/mol. The molecule has 0 aliphatic rings. The van der Waals surface area contributed by atoms with Gasteiger partial charge in [0.15, 0.2) is 0 Å². The van der Waals surface area contributed by atoms with Crippen molar-refractivity contribution in [1.82, 2.24) is 5.32 Å². The second-order valence-electron chi connectivity index (χ2n) is 3.48. The number of carbonyl (C=O) groups is 1. The molecule has 0 radical (unpaired) electrons. The van der Waals surface area contributed by atoms with Gasteiger partial charge in [0.05, 0.1) is 5.56 Å². The molecule has 0 aliphatic heterocycles. The minimum Gasteiger partial charge on any atom is -0.351 e. The number of carbonyl (C=O) groups excluding carboxylic acids is 1. The number of nitrogens with one attached hydrogen (secondary N) is 1. The highest BCUT2D eigenvalue weighted by atomic mass is 19.1. The Morgan fingerprint density at radius 2 is 2.13 bits per heavy atom. The van der Waals surface area contributed by atoms with E-state index in [0.717, 1.165) is 5.56 Å². The molecule has 0 fully saturated rings. The number of amides is 1. The zero-order chi connectivity index (χ0) is 11.4. The van der Waals surface area contributed by atoms with Gasteiger partial charge < -0.3 is 11.1 Å². The lowest BCUT2D eigenvalue weighted by Crippen LogP contribution is -2.30. The van der Waals surface area contributed by atoms with Gasteiger partial charge in [-0.2, -0.15) is 0 Å². The molecule has 0 saturated carbocycles. The van der Waals surface area contributed by atoms with E-state index >= 15 is 0 Å². The normalized spacial score (nSPS) is 10.1. The van der Waals surface area contributed by atoms with Crippen LogP contribution in [-0.4, -0.2) is 19.0 Å². The molecule has 1 rings (SSSR count). The molecule has 3 N–H and O–H groups in total. The van der Waals surface area contributed by atoms with Crippen molar-refractivity contribution in [3.63, 3.8) is 0 Å². The van der Waals surface area contributed by atoms with E-state index in [2.05, 4.69) is 5.32 Å². The molecular weight excluding hydrogens is 195 g/mol. The molecule has 3 nitrogen and oxygen atoms in total. The maximum atomic E-state index is 13.5. The molecule has 0 atom stereocenters. The van der Waals surface area contributed by atoms with E-state index < -0.39 is 11.7 Å². The summed E-state index contributed by atoms with van der Waals surface area (Å²) in [6, 6.07) is 3.13. The highest BCUT2D eigenvalue weighted by Gasteiger charge is 2.14. The van der Waals surface area contributed by atoms with Crippen LogP contribution < -0.4 is 11.1 Å². The van der Waals surface area contributed by atoms with Crippen LogP contribution in [0.15, 0.2) is 12.1 Å². The summed E-state index contributed by atoms with van der Waals surface area (Å²) in [5.41, 5.74) is 6.80. The van der Waals surface area contributed by atoms with Gasteiger partial charge in [0.25, 0.3) is 5.91 Å². The van der Waals surface area contributed by atoms with Crippen LogP contribution in [0.4, 0.5) is 4.39 Å². The van der Waals surface area contributed by atoms with Gasteiger partial charge in [-0.1, -0.05) is 6.07 Å². The van der Waals surface area contributed by atoms with E-state index in [1.165, 1.54) is 6.07 Å². The van der Waals surface area contributed by atoms with Gasteiger partial charge in [0.1, 0.15) is 5.82 Å². The van der Waals surface area contributed by atoms with Crippen molar-refractivity contribution in [1.29, 1.82) is 0 Å². The van der Waals surface area contributed by atoms with Gasteiger partial charge in [-0.3, -0.25) is 4.79 Å². The van der Waals surface area contributed by atoms with Crippen LogP contribution in [0.3, 0.4) is 0 Å². The van der Waals surface area contributed by atoms with E-state index in [1.807, 2.05) is 0 Å². The Morgan fingerprint density at radius 3 is 2.67 bits per heavy atom. The fourth-order valence-electron chi connectivity index (χ4n) is 1.48. The van der Waals surface area contributed by atoms with Crippen LogP contribution in [0.5, 0.6) is 0 Å². The number of aryl methyl sites for hydroxylation is 2. The second-order valence-corrected chi connectivity index (χ2v) is 3.48. The zero-order valence-electron chi connectivity index (χ0n) is 8.93. The van der Waals surface area contributed by atoms with Gasteiger partial charge >= 0.3 is 0 Å². The average Bonchev–Trinajstić information content (AvgIpc) is 2.12.